The molecule has 0 radical (unpaired) electrons. The predicted molar refractivity (Wildman–Crippen MR) is 58.4 cm³/mol. The second-order valence-corrected chi connectivity index (χ2v) is 3.41. The molecular formula is C11H8BF3KN. The zero-order valence-corrected chi connectivity index (χ0v) is 12.4. The fourth-order valence-corrected chi connectivity index (χ4v) is 1.41. The quantitative estimate of drug-likeness (QED) is 0.683. The molecule has 2 aromatic rings. The first-order valence-corrected chi connectivity index (χ1v) is 4.79. The summed E-state index contributed by atoms with van der Waals surface area (Å²) in [7, 11) is 0. The van der Waals surface area contributed by atoms with Crippen LogP contribution in [-0.2, 0) is 0 Å². The Morgan fingerprint density at radius 2 is 1.53 bits per heavy atom. The standard InChI is InChI=1S/C11H8BF3N.K/c13-12(14,15)10-6-4-9(5-7-10)11-3-1-2-8-16-11;/h1-8H;/q-1;+1. The summed E-state index contributed by atoms with van der Waals surface area (Å²) in [6.45, 7) is -4.91. The van der Waals surface area contributed by atoms with Gasteiger partial charge in [-0.15, -0.1) is 5.46 Å². The topological polar surface area (TPSA) is 12.9 Å². The van der Waals surface area contributed by atoms with Crippen molar-refractivity contribution in [2.45, 2.75) is 0 Å². The van der Waals surface area contributed by atoms with E-state index in [2.05, 4.69) is 4.98 Å². The Labute approximate surface area is 140 Å². The molecule has 0 atom stereocenters. The van der Waals surface area contributed by atoms with Gasteiger partial charge in [0, 0.05) is 6.20 Å². The molecule has 1 nitrogen and oxygen atoms in total. The molecule has 0 unspecified atom stereocenters. The van der Waals surface area contributed by atoms with E-state index in [0.29, 0.717) is 11.3 Å². The molecule has 0 saturated heterocycles. The number of aromatic nitrogens is 1. The van der Waals surface area contributed by atoms with Gasteiger partial charge in [-0.3, -0.25) is 4.98 Å². The minimum Gasteiger partial charge on any atom is -0.445 e. The van der Waals surface area contributed by atoms with E-state index in [1.54, 1.807) is 24.4 Å². The molecule has 0 saturated carbocycles. The Kier molecular flexibility index (Phi) is 5.40. The first-order chi connectivity index (χ1) is 7.57. The smallest absolute Gasteiger partial charge is 0.445 e. The van der Waals surface area contributed by atoms with E-state index in [-0.39, 0.29) is 51.4 Å². The van der Waals surface area contributed by atoms with Gasteiger partial charge in [0.2, 0.25) is 0 Å². The van der Waals surface area contributed by atoms with Crippen molar-refractivity contribution >= 4 is 12.4 Å². The van der Waals surface area contributed by atoms with Crippen molar-refractivity contribution < 1.29 is 64.3 Å². The second-order valence-electron chi connectivity index (χ2n) is 3.41. The molecule has 17 heavy (non-hydrogen) atoms. The van der Waals surface area contributed by atoms with Gasteiger partial charge in [0.05, 0.1) is 5.69 Å². The monoisotopic (exact) mass is 261 g/mol. The van der Waals surface area contributed by atoms with Gasteiger partial charge in [0.15, 0.2) is 0 Å². The summed E-state index contributed by atoms with van der Waals surface area (Å²) >= 11 is 0. The molecule has 0 N–H and O–H groups in total. The third-order valence-electron chi connectivity index (χ3n) is 2.25. The van der Waals surface area contributed by atoms with Crippen LogP contribution in [0.3, 0.4) is 0 Å². The summed E-state index contributed by atoms with van der Waals surface area (Å²) in [6.07, 6.45) is 1.61. The van der Waals surface area contributed by atoms with Gasteiger partial charge in [-0.05, 0) is 17.7 Å². The maximum atomic E-state index is 12.4. The van der Waals surface area contributed by atoms with Crippen LogP contribution in [0.5, 0.6) is 0 Å². The summed E-state index contributed by atoms with van der Waals surface area (Å²) in [5.41, 5.74) is 0.771. The second kappa shape index (κ2) is 6.15. The first-order valence-electron chi connectivity index (χ1n) is 4.79. The summed E-state index contributed by atoms with van der Waals surface area (Å²) < 4.78 is 37.1. The maximum Gasteiger partial charge on any atom is 1.00 e. The van der Waals surface area contributed by atoms with E-state index in [4.69, 9.17) is 0 Å². The van der Waals surface area contributed by atoms with Gasteiger partial charge in [0.25, 0.3) is 0 Å². The summed E-state index contributed by atoms with van der Waals surface area (Å²) in [5.74, 6) is 0. The molecule has 82 valence electrons. The molecule has 1 aromatic heterocycles. The number of benzene rings is 1. The van der Waals surface area contributed by atoms with Crippen molar-refractivity contribution in [3.05, 3.63) is 48.7 Å². The Morgan fingerprint density at radius 1 is 0.882 bits per heavy atom. The van der Waals surface area contributed by atoms with Crippen LogP contribution < -0.4 is 56.8 Å². The molecular weight excluding hydrogens is 253 g/mol. The fraction of sp³-hybridized carbons (Fsp3) is 0. The molecule has 2 rings (SSSR count). The van der Waals surface area contributed by atoms with Crippen LogP contribution in [-0.4, -0.2) is 12.0 Å². The van der Waals surface area contributed by atoms with Gasteiger partial charge in [-0.25, -0.2) is 0 Å². The van der Waals surface area contributed by atoms with E-state index in [9.17, 15) is 12.9 Å². The molecule has 0 aliphatic carbocycles. The van der Waals surface area contributed by atoms with Crippen LogP contribution in [0.15, 0.2) is 48.7 Å². The van der Waals surface area contributed by atoms with Crippen LogP contribution in [0.2, 0.25) is 0 Å². The van der Waals surface area contributed by atoms with Gasteiger partial charge >= 0.3 is 58.4 Å². The zero-order chi connectivity index (χ0) is 11.6. The van der Waals surface area contributed by atoms with E-state index in [1.165, 1.54) is 12.1 Å². The van der Waals surface area contributed by atoms with Crippen molar-refractivity contribution in [2.24, 2.45) is 0 Å². The summed E-state index contributed by atoms with van der Waals surface area (Å²) in [5, 5.41) is 0. The molecule has 0 spiro atoms. The first kappa shape index (κ1) is 14.9. The van der Waals surface area contributed by atoms with E-state index in [1.807, 2.05) is 0 Å². The average Bonchev–Trinajstić information content (AvgIpc) is 2.29. The normalized spacial score (nSPS) is 10.8. The Bertz CT molecular complexity index is 470. The van der Waals surface area contributed by atoms with Crippen LogP contribution in [0.25, 0.3) is 11.3 Å². The number of hydrogen-bond acceptors (Lipinski definition) is 1. The molecule has 0 aliphatic heterocycles. The van der Waals surface area contributed by atoms with Crippen molar-refractivity contribution in [1.29, 1.82) is 0 Å². The molecule has 1 heterocycles. The van der Waals surface area contributed by atoms with Crippen LogP contribution >= 0.6 is 0 Å². The molecule has 0 aliphatic rings. The number of rotatable bonds is 2. The van der Waals surface area contributed by atoms with Gasteiger partial charge < -0.3 is 12.9 Å². The summed E-state index contributed by atoms with van der Waals surface area (Å²) in [4.78, 5) is 4.06. The molecule has 0 amide bonds. The van der Waals surface area contributed by atoms with Crippen LogP contribution in [0, 0.1) is 0 Å². The molecule has 6 heteroatoms. The molecule has 0 bridgehead atoms. The minimum absolute atomic E-state index is 0. The zero-order valence-electron chi connectivity index (χ0n) is 9.28. The van der Waals surface area contributed by atoms with E-state index >= 15 is 0 Å². The third-order valence-corrected chi connectivity index (χ3v) is 2.25. The van der Waals surface area contributed by atoms with E-state index < -0.39 is 12.4 Å². The Hall–Kier alpha value is -0.139. The average molecular weight is 261 g/mol. The van der Waals surface area contributed by atoms with Crippen LogP contribution in [0.1, 0.15) is 0 Å². The van der Waals surface area contributed by atoms with E-state index in [0.717, 1.165) is 12.1 Å². The molecule has 0 fully saturated rings. The number of pyridine rings is 1. The van der Waals surface area contributed by atoms with Gasteiger partial charge in [0.1, 0.15) is 0 Å². The summed E-state index contributed by atoms with van der Waals surface area (Å²) in [6, 6.07) is 10.4. The van der Waals surface area contributed by atoms with Gasteiger partial charge in [-0.2, -0.15) is 0 Å². The largest absolute Gasteiger partial charge is 1.00 e. The van der Waals surface area contributed by atoms with Crippen LogP contribution in [0.4, 0.5) is 12.9 Å². The van der Waals surface area contributed by atoms with Crippen molar-refractivity contribution in [2.75, 3.05) is 0 Å². The number of halogens is 3. The Morgan fingerprint density at radius 3 is 2.00 bits per heavy atom. The van der Waals surface area contributed by atoms with Crippen molar-refractivity contribution in [1.82, 2.24) is 4.98 Å². The maximum absolute atomic E-state index is 12.4. The Balaban J connectivity index is 0.00000144. The van der Waals surface area contributed by atoms with Gasteiger partial charge in [-0.1, -0.05) is 30.3 Å². The van der Waals surface area contributed by atoms with Crippen molar-refractivity contribution in [3.8, 4) is 11.3 Å². The third kappa shape index (κ3) is 3.93. The van der Waals surface area contributed by atoms with Crippen molar-refractivity contribution in [3.63, 3.8) is 0 Å². The minimum atomic E-state index is -4.91. The number of nitrogens with zero attached hydrogens (tertiary/aromatic N) is 1. The predicted octanol–water partition coefficient (Wildman–Crippen LogP) is -0.193. The molecule has 1 aromatic carbocycles. The SMILES string of the molecule is F[B-](F)(F)c1ccc(-c2ccccn2)cc1.[K+]. The number of hydrogen-bond donors (Lipinski definition) is 0. The fourth-order valence-electron chi connectivity index (χ4n) is 1.41.